The number of hydrogen-bond donors (Lipinski definition) is 4. The van der Waals surface area contributed by atoms with E-state index in [9.17, 15) is 0 Å². The maximum Gasteiger partial charge on any atom is 0.185 e. The molecule has 0 aromatic heterocycles. The Bertz CT molecular complexity index is 171. The fourth-order valence-corrected chi connectivity index (χ4v) is 1.48. The minimum Gasteiger partial charge on any atom is -0.370 e. The molecule has 1 atom stereocenters. The standard InChI is InChI=1S/C10H24N4/c1-10(2,3)7-8(11)5-4-6-14-9(12)13/h8H,4-7,11H2,1-3H3,(H4,12,13,14)/t8-/m0/s1. The minimum absolute atomic E-state index is 0.0365. The molecule has 0 aliphatic carbocycles. The van der Waals surface area contributed by atoms with Gasteiger partial charge in [-0.3, -0.25) is 5.41 Å². The summed E-state index contributed by atoms with van der Waals surface area (Å²) in [5, 5.41) is 9.73. The van der Waals surface area contributed by atoms with Crippen LogP contribution in [0.15, 0.2) is 0 Å². The van der Waals surface area contributed by atoms with Crippen molar-refractivity contribution in [1.82, 2.24) is 5.32 Å². The van der Waals surface area contributed by atoms with Crippen molar-refractivity contribution >= 4 is 5.96 Å². The monoisotopic (exact) mass is 200 g/mol. The summed E-state index contributed by atoms with van der Waals surface area (Å²) in [5.41, 5.74) is 11.4. The van der Waals surface area contributed by atoms with E-state index in [1.165, 1.54) is 0 Å². The summed E-state index contributed by atoms with van der Waals surface area (Å²) in [6, 6.07) is 0.253. The van der Waals surface area contributed by atoms with E-state index in [1.54, 1.807) is 0 Å². The van der Waals surface area contributed by atoms with Crippen LogP contribution in [-0.2, 0) is 0 Å². The summed E-state index contributed by atoms with van der Waals surface area (Å²) in [6.45, 7) is 7.33. The highest BCUT2D eigenvalue weighted by Crippen LogP contribution is 2.21. The molecule has 0 bridgehead atoms. The number of guanidine groups is 1. The topological polar surface area (TPSA) is 87.9 Å². The molecule has 0 unspecified atom stereocenters. The Hall–Kier alpha value is -0.770. The fourth-order valence-electron chi connectivity index (χ4n) is 1.48. The van der Waals surface area contributed by atoms with Gasteiger partial charge >= 0.3 is 0 Å². The Morgan fingerprint density at radius 2 is 2.00 bits per heavy atom. The van der Waals surface area contributed by atoms with Crippen molar-refractivity contribution in [3.05, 3.63) is 0 Å². The number of nitrogens with one attached hydrogen (secondary N) is 2. The van der Waals surface area contributed by atoms with Gasteiger partial charge in [0.2, 0.25) is 0 Å². The van der Waals surface area contributed by atoms with Crippen molar-refractivity contribution in [1.29, 1.82) is 5.41 Å². The Morgan fingerprint density at radius 3 is 2.43 bits per heavy atom. The van der Waals surface area contributed by atoms with Crippen LogP contribution in [0.3, 0.4) is 0 Å². The van der Waals surface area contributed by atoms with E-state index >= 15 is 0 Å². The van der Waals surface area contributed by atoms with E-state index < -0.39 is 0 Å². The molecule has 0 radical (unpaired) electrons. The van der Waals surface area contributed by atoms with Crippen molar-refractivity contribution < 1.29 is 0 Å². The van der Waals surface area contributed by atoms with Gasteiger partial charge < -0.3 is 16.8 Å². The van der Waals surface area contributed by atoms with Crippen molar-refractivity contribution in [2.75, 3.05) is 6.54 Å². The van der Waals surface area contributed by atoms with Gasteiger partial charge in [-0.15, -0.1) is 0 Å². The summed E-state index contributed by atoms with van der Waals surface area (Å²) >= 11 is 0. The van der Waals surface area contributed by atoms with Gasteiger partial charge in [0, 0.05) is 12.6 Å². The van der Waals surface area contributed by atoms with Crippen molar-refractivity contribution in [3.63, 3.8) is 0 Å². The summed E-state index contributed by atoms with van der Waals surface area (Å²) < 4.78 is 0. The average Bonchev–Trinajstić information content (AvgIpc) is 1.94. The molecule has 14 heavy (non-hydrogen) atoms. The molecule has 0 aliphatic heterocycles. The number of nitrogens with two attached hydrogens (primary N) is 2. The maximum atomic E-state index is 6.96. The average molecular weight is 200 g/mol. The summed E-state index contributed by atoms with van der Waals surface area (Å²) in [7, 11) is 0. The van der Waals surface area contributed by atoms with E-state index in [-0.39, 0.29) is 12.0 Å². The third-order valence-electron chi connectivity index (χ3n) is 1.94. The molecule has 0 saturated heterocycles. The molecule has 4 nitrogen and oxygen atoms in total. The number of hydrogen-bond acceptors (Lipinski definition) is 2. The van der Waals surface area contributed by atoms with E-state index in [0.29, 0.717) is 5.41 Å². The third kappa shape index (κ3) is 9.32. The van der Waals surface area contributed by atoms with Crippen LogP contribution in [0.4, 0.5) is 0 Å². The SMILES string of the molecule is CC(C)(C)C[C@@H](N)CCCNC(=N)N. The lowest BCUT2D eigenvalue weighted by molar-refractivity contribution is 0.328. The first kappa shape index (κ1) is 13.2. The second-order valence-electron chi connectivity index (χ2n) is 5.01. The molecule has 0 rings (SSSR count). The summed E-state index contributed by atoms with van der Waals surface area (Å²) in [6.07, 6.45) is 2.99. The second kappa shape index (κ2) is 5.86. The highest BCUT2D eigenvalue weighted by Gasteiger charge is 2.14. The lowest BCUT2D eigenvalue weighted by Crippen LogP contribution is -2.32. The number of rotatable bonds is 5. The zero-order chi connectivity index (χ0) is 11.2. The van der Waals surface area contributed by atoms with Gasteiger partial charge in [-0.2, -0.15) is 0 Å². The zero-order valence-electron chi connectivity index (χ0n) is 9.56. The molecule has 0 heterocycles. The van der Waals surface area contributed by atoms with Crippen molar-refractivity contribution in [2.45, 2.75) is 46.1 Å². The zero-order valence-corrected chi connectivity index (χ0v) is 9.56. The predicted octanol–water partition coefficient (Wildman–Crippen LogP) is 1.01. The van der Waals surface area contributed by atoms with E-state index in [4.69, 9.17) is 16.9 Å². The van der Waals surface area contributed by atoms with E-state index in [0.717, 1.165) is 25.8 Å². The first-order valence-corrected chi connectivity index (χ1v) is 5.15. The van der Waals surface area contributed by atoms with Gasteiger partial charge in [-0.05, 0) is 24.7 Å². The van der Waals surface area contributed by atoms with Gasteiger partial charge in [-0.25, -0.2) is 0 Å². The van der Waals surface area contributed by atoms with Gasteiger partial charge in [-0.1, -0.05) is 20.8 Å². The maximum absolute atomic E-state index is 6.96. The molecule has 4 heteroatoms. The van der Waals surface area contributed by atoms with Gasteiger partial charge in [0.15, 0.2) is 5.96 Å². The van der Waals surface area contributed by atoms with Crippen LogP contribution >= 0.6 is 0 Å². The van der Waals surface area contributed by atoms with Crippen molar-refractivity contribution in [2.24, 2.45) is 16.9 Å². The van der Waals surface area contributed by atoms with Crippen LogP contribution in [0.1, 0.15) is 40.0 Å². The van der Waals surface area contributed by atoms with Crippen LogP contribution in [-0.4, -0.2) is 18.5 Å². The third-order valence-corrected chi connectivity index (χ3v) is 1.94. The van der Waals surface area contributed by atoms with Crippen LogP contribution < -0.4 is 16.8 Å². The molecular formula is C10H24N4. The molecule has 0 fully saturated rings. The Kier molecular flexibility index (Phi) is 5.53. The molecule has 0 spiro atoms. The molecular weight excluding hydrogens is 176 g/mol. The Balaban J connectivity index is 3.45. The molecule has 0 saturated carbocycles. The van der Waals surface area contributed by atoms with Crippen LogP contribution in [0.5, 0.6) is 0 Å². The highest BCUT2D eigenvalue weighted by molar-refractivity contribution is 5.74. The fraction of sp³-hybridized carbons (Fsp3) is 0.900. The lowest BCUT2D eigenvalue weighted by atomic mass is 9.87. The summed E-state index contributed by atoms with van der Waals surface area (Å²) in [5.74, 6) is 0.0365. The smallest absolute Gasteiger partial charge is 0.185 e. The van der Waals surface area contributed by atoms with Gasteiger partial charge in [0.1, 0.15) is 0 Å². The predicted molar refractivity (Wildman–Crippen MR) is 61.2 cm³/mol. The van der Waals surface area contributed by atoms with Crippen LogP contribution in [0.2, 0.25) is 0 Å². The summed E-state index contributed by atoms with van der Waals surface area (Å²) in [4.78, 5) is 0. The van der Waals surface area contributed by atoms with Crippen LogP contribution in [0.25, 0.3) is 0 Å². The minimum atomic E-state index is 0.0365. The molecule has 6 N–H and O–H groups in total. The molecule has 0 aromatic carbocycles. The lowest BCUT2D eigenvalue weighted by Gasteiger charge is -2.23. The largest absolute Gasteiger partial charge is 0.370 e. The van der Waals surface area contributed by atoms with Gasteiger partial charge in [0.05, 0.1) is 0 Å². The quantitative estimate of drug-likeness (QED) is 0.303. The first-order chi connectivity index (χ1) is 6.31. The molecule has 0 amide bonds. The normalized spacial score (nSPS) is 13.7. The molecule has 0 aromatic rings. The second-order valence-corrected chi connectivity index (χ2v) is 5.01. The Labute approximate surface area is 86.9 Å². The van der Waals surface area contributed by atoms with Gasteiger partial charge in [0.25, 0.3) is 0 Å². The molecule has 0 aliphatic rings. The van der Waals surface area contributed by atoms with Crippen LogP contribution in [0, 0.1) is 10.8 Å². The van der Waals surface area contributed by atoms with E-state index in [2.05, 4.69) is 26.1 Å². The first-order valence-electron chi connectivity index (χ1n) is 5.15. The highest BCUT2D eigenvalue weighted by atomic mass is 15.0. The van der Waals surface area contributed by atoms with Crippen molar-refractivity contribution in [3.8, 4) is 0 Å². The van der Waals surface area contributed by atoms with E-state index in [1.807, 2.05) is 0 Å². The molecule has 84 valence electrons. The Morgan fingerprint density at radius 1 is 1.43 bits per heavy atom.